The summed E-state index contributed by atoms with van der Waals surface area (Å²) in [5, 5.41) is 0. The monoisotopic (exact) mass is 260 g/mol. The fourth-order valence-electron chi connectivity index (χ4n) is 1.87. The van der Waals surface area contributed by atoms with Gasteiger partial charge < -0.3 is 14.0 Å². The maximum atomic E-state index is 5.90. The van der Waals surface area contributed by atoms with Gasteiger partial charge in [-0.25, -0.2) is 0 Å². The summed E-state index contributed by atoms with van der Waals surface area (Å²) < 4.78 is 16.9. The first-order valence-corrected chi connectivity index (χ1v) is 6.52. The molecule has 0 aromatic heterocycles. The summed E-state index contributed by atoms with van der Waals surface area (Å²) >= 11 is 0. The quantitative estimate of drug-likeness (QED) is 0.780. The van der Waals surface area contributed by atoms with Gasteiger partial charge in [-0.05, 0) is 45.4 Å². The predicted molar refractivity (Wildman–Crippen MR) is 78.1 cm³/mol. The number of rotatable bonds is 3. The average molecular weight is 260 g/mol. The summed E-state index contributed by atoms with van der Waals surface area (Å²) in [4.78, 5) is 0. The first-order chi connectivity index (χ1) is 8.84. The molecule has 19 heavy (non-hydrogen) atoms. The van der Waals surface area contributed by atoms with Crippen LogP contribution in [-0.2, 0) is 9.31 Å². The maximum absolute atomic E-state index is 5.90. The highest BCUT2D eigenvalue weighted by Crippen LogP contribution is 2.37. The fraction of sp³-hybridized carbons (Fsp3) is 0.467. The van der Waals surface area contributed by atoms with Gasteiger partial charge in [0, 0.05) is 0 Å². The van der Waals surface area contributed by atoms with Crippen LogP contribution in [0.1, 0.15) is 33.3 Å². The van der Waals surface area contributed by atoms with Gasteiger partial charge in [0.2, 0.25) is 0 Å². The van der Waals surface area contributed by atoms with Crippen LogP contribution in [0.25, 0.3) is 6.08 Å². The molecule has 1 heterocycles. The number of methoxy groups -OCH3 is 1. The van der Waals surface area contributed by atoms with Crippen molar-refractivity contribution in [2.45, 2.75) is 38.9 Å². The summed E-state index contributed by atoms with van der Waals surface area (Å²) in [5.41, 5.74) is 0.514. The smallest absolute Gasteiger partial charge is 0.487 e. The summed E-state index contributed by atoms with van der Waals surface area (Å²) in [6.07, 6.45) is 2.00. The number of hydrogen-bond donors (Lipinski definition) is 0. The Hall–Kier alpha value is -1.26. The SMILES string of the molecule is COc1ccc(C=CB2OC(C)(C)C(C)(C)O2)cc1. The molecule has 3 nitrogen and oxygen atoms in total. The van der Waals surface area contributed by atoms with E-state index in [1.54, 1.807) is 7.11 Å². The van der Waals surface area contributed by atoms with Gasteiger partial charge in [0.25, 0.3) is 0 Å². The molecule has 0 saturated carbocycles. The van der Waals surface area contributed by atoms with Crippen molar-refractivity contribution in [1.82, 2.24) is 0 Å². The van der Waals surface area contributed by atoms with Gasteiger partial charge in [0.05, 0.1) is 18.3 Å². The largest absolute Gasteiger partial charge is 0.497 e. The highest BCUT2D eigenvalue weighted by Gasteiger charge is 2.49. The van der Waals surface area contributed by atoms with Gasteiger partial charge in [0.1, 0.15) is 5.75 Å². The van der Waals surface area contributed by atoms with E-state index in [4.69, 9.17) is 14.0 Å². The average Bonchev–Trinajstić information content (AvgIpc) is 2.56. The van der Waals surface area contributed by atoms with E-state index in [2.05, 4.69) is 0 Å². The van der Waals surface area contributed by atoms with Crippen molar-refractivity contribution in [1.29, 1.82) is 0 Å². The van der Waals surface area contributed by atoms with E-state index in [0.717, 1.165) is 11.3 Å². The molecule has 2 rings (SSSR count). The van der Waals surface area contributed by atoms with E-state index < -0.39 is 0 Å². The van der Waals surface area contributed by atoms with E-state index in [-0.39, 0.29) is 18.3 Å². The second-order valence-corrected chi connectivity index (χ2v) is 5.76. The molecule has 1 aliphatic rings. The molecule has 0 unspecified atom stereocenters. The third kappa shape index (κ3) is 3.02. The van der Waals surface area contributed by atoms with Gasteiger partial charge in [-0.2, -0.15) is 0 Å². The van der Waals surface area contributed by atoms with E-state index in [9.17, 15) is 0 Å². The Morgan fingerprint density at radius 2 is 1.53 bits per heavy atom. The van der Waals surface area contributed by atoms with Crippen molar-refractivity contribution >= 4 is 13.2 Å². The van der Waals surface area contributed by atoms with Crippen LogP contribution in [0.3, 0.4) is 0 Å². The van der Waals surface area contributed by atoms with Gasteiger partial charge in [-0.3, -0.25) is 0 Å². The molecule has 1 fully saturated rings. The molecule has 1 aliphatic heterocycles. The Balaban J connectivity index is 2.04. The van der Waals surface area contributed by atoms with Crippen LogP contribution >= 0.6 is 0 Å². The van der Waals surface area contributed by atoms with Crippen LogP contribution in [0.2, 0.25) is 0 Å². The fourth-order valence-corrected chi connectivity index (χ4v) is 1.87. The molecular weight excluding hydrogens is 239 g/mol. The summed E-state index contributed by atoms with van der Waals surface area (Å²) in [7, 11) is 1.36. The van der Waals surface area contributed by atoms with Crippen molar-refractivity contribution in [3.8, 4) is 5.75 Å². The Kier molecular flexibility index (Phi) is 3.74. The lowest BCUT2D eigenvalue weighted by molar-refractivity contribution is 0.00578. The lowest BCUT2D eigenvalue weighted by atomic mass is 9.89. The zero-order valence-electron chi connectivity index (χ0n) is 12.3. The van der Waals surface area contributed by atoms with Gasteiger partial charge in [-0.15, -0.1) is 0 Å². The minimum atomic E-state index is -0.299. The van der Waals surface area contributed by atoms with Gasteiger partial charge in [-0.1, -0.05) is 24.2 Å². The van der Waals surface area contributed by atoms with Crippen LogP contribution in [0, 0.1) is 0 Å². The Bertz CT molecular complexity index is 447. The lowest BCUT2D eigenvalue weighted by Gasteiger charge is -2.32. The zero-order chi connectivity index (χ0) is 14.1. The van der Waals surface area contributed by atoms with Crippen molar-refractivity contribution in [2.75, 3.05) is 7.11 Å². The van der Waals surface area contributed by atoms with E-state index in [1.807, 2.05) is 64.0 Å². The Labute approximate surface area is 115 Å². The normalized spacial score (nSPS) is 21.0. The van der Waals surface area contributed by atoms with Crippen molar-refractivity contribution in [2.24, 2.45) is 0 Å². The molecule has 1 aromatic rings. The highest BCUT2D eigenvalue weighted by atomic mass is 16.7. The summed E-state index contributed by atoms with van der Waals surface area (Å²) in [6, 6.07) is 7.87. The van der Waals surface area contributed by atoms with E-state index in [0.29, 0.717) is 0 Å². The standard InChI is InChI=1S/C15H21BO3/c1-14(2)15(3,4)19-16(18-14)11-10-12-6-8-13(17-5)9-7-12/h6-11H,1-5H3. The zero-order valence-corrected chi connectivity index (χ0v) is 12.3. The maximum Gasteiger partial charge on any atom is 0.487 e. The number of benzene rings is 1. The molecule has 0 atom stereocenters. The first kappa shape index (κ1) is 14.2. The Morgan fingerprint density at radius 1 is 1.00 bits per heavy atom. The molecule has 0 aliphatic carbocycles. The molecule has 0 spiro atoms. The predicted octanol–water partition coefficient (Wildman–Crippen LogP) is 3.34. The Morgan fingerprint density at radius 3 is 2.00 bits per heavy atom. The van der Waals surface area contributed by atoms with Crippen LogP contribution in [0.5, 0.6) is 5.75 Å². The molecule has 102 valence electrons. The van der Waals surface area contributed by atoms with Gasteiger partial charge >= 0.3 is 7.12 Å². The van der Waals surface area contributed by atoms with Crippen molar-refractivity contribution in [3.05, 3.63) is 35.8 Å². The first-order valence-electron chi connectivity index (χ1n) is 6.52. The molecular formula is C15H21BO3. The second kappa shape index (κ2) is 5.02. The van der Waals surface area contributed by atoms with Crippen LogP contribution in [0.4, 0.5) is 0 Å². The van der Waals surface area contributed by atoms with E-state index >= 15 is 0 Å². The molecule has 1 saturated heterocycles. The van der Waals surface area contributed by atoms with Crippen molar-refractivity contribution in [3.63, 3.8) is 0 Å². The van der Waals surface area contributed by atoms with Crippen LogP contribution < -0.4 is 4.74 Å². The van der Waals surface area contributed by atoms with E-state index in [1.165, 1.54) is 0 Å². The minimum Gasteiger partial charge on any atom is -0.497 e. The summed E-state index contributed by atoms with van der Waals surface area (Å²) in [5.74, 6) is 2.80. The van der Waals surface area contributed by atoms with Crippen LogP contribution in [-0.4, -0.2) is 25.4 Å². The third-order valence-corrected chi connectivity index (χ3v) is 3.83. The second-order valence-electron chi connectivity index (χ2n) is 5.76. The number of ether oxygens (including phenoxy) is 1. The molecule has 0 radical (unpaired) electrons. The van der Waals surface area contributed by atoms with Crippen LogP contribution in [0.15, 0.2) is 30.2 Å². The molecule has 1 aromatic carbocycles. The molecule has 4 heteroatoms. The molecule has 0 bridgehead atoms. The third-order valence-electron chi connectivity index (χ3n) is 3.83. The molecule has 0 N–H and O–H groups in total. The molecule has 0 amide bonds. The lowest BCUT2D eigenvalue weighted by Crippen LogP contribution is -2.41. The van der Waals surface area contributed by atoms with Crippen molar-refractivity contribution < 1.29 is 14.0 Å². The minimum absolute atomic E-state index is 0.290. The topological polar surface area (TPSA) is 27.7 Å². The highest BCUT2D eigenvalue weighted by molar-refractivity contribution is 6.52. The van der Waals surface area contributed by atoms with Gasteiger partial charge in [0.15, 0.2) is 0 Å². The number of hydrogen-bond acceptors (Lipinski definition) is 3. The summed E-state index contributed by atoms with van der Waals surface area (Å²) in [6.45, 7) is 8.20.